The van der Waals surface area contributed by atoms with E-state index in [9.17, 15) is 0 Å². The Kier molecular flexibility index (Phi) is 8.25. The maximum absolute atomic E-state index is 5.96. The van der Waals surface area contributed by atoms with Gasteiger partial charge in [0.15, 0.2) is 0 Å². The highest BCUT2D eigenvalue weighted by atomic mass is 79.9. The number of hydrogen-bond acceptors (Lipinski definition) is 4. The highest BCUT2D eigenvalue weighted by Crippen LogP contribution is 2.22. The van der Waals surface area contributed by atoms with E-state index in [-0.39, 0.29) is 6.04 Å². The molecule has 0 saturated heterocycles. The number of nitrogens with two attached hydrogens (primary N) is 1. The highest BCUT2D eigenvalue weighted by molar-refractivity contribution is 9.10. The molecule has 5 heteroatoms. The van der Waals surface area contributed by atoms with Crippen molar-refractivity contribution in [3.8, 4) is 0 Å². The molecule has 0 radical (unpaired) electrons. The molecule has 0 amide bonds. The van der Waals surface area contributed by atoms with E-state index in [0.29, 0.717) is 19.8 Å². The van der Waals surface area contributed by atoms with Crippen molar-refractivity contribution in [3.63, 3.8) is 0 Å². The normalized spacial score (nSPS) is 12.9. The molecule has 1 rings (SSSR count). The Balaban J connectivity index is 2.81. The maximum atomic E-state index is 5.96. The first kappa shape index (κ1) is 16.6. The highest BCUT2D eigenvalue weighted by Gasteiger charge is 2.18. The standard InChI is InChI=1S/C14H23BrN2O2/c1-18-8-6-17(7-9-19-2)14(11-16)12-4-3-5-13(15)10-12/h3-5,10,14H,6-9,11,16H2,1-2H3. The van der Waals surface area contributed by atoms with Crippen molar-refractivity contribution in [3.05, 3.63) is 34.3 Å². The van der Waals surface area contributed by atoms with Crippen LogP contribution in [0.2, 0.25) is 0 Å². The van der Waals surface area contributed by atoms with Gasteiger partial charge in [0.25, 0.3) is 0 Å². The van der Waals surface area contributed by atoms with Gasteiger partial charge in [-0.15, -0.1) is 0 Å². The van der Waals surface area contributed by atoms with Crippen LogP contribution in [-0.4, -0.2) is 52.0 Å². The molecule has 0 aliphatic carbocycles. The van der Waals surface area contributed by atoms with Gasteiger partial charge in [0.1, 0.15) is 0 Å². The van der Waals surface area contributed by atoms with Gasteiger partial charge in [-0.3, -0.25) is 4.90 Å². The summed E-state index contributed by atoms with van der Waals surface area (Å²) in [6.45, 7) is 3.63. The molecule has 0 saturated carbocycles. The Hall–Kier alpha value is -0.460. The van der Waals surface area contributed by atoms with Gasteiger partial charge in [0.2, 0.25) is 0 Å². The predicted octanol–water partition coefficient (Wildman–Crippen LogP) is 2.04. The number of halogens is 1. The molecular weight excluding hydrogens is 308 g/mol. The van der Waals surface area contributed by atoms with E-state index in [1.165, 1.54) is 5.56 Å². The fourth-order valence-electron chi connectivity index (χ4n) is 2.05. The van der Waals surface area contributed by atoms with Crippen LogP contribution in [0.4, 0.5) is 0 Å². The van der Waals surface area contributed by atoms with Gasteiger partial charge in [0, 0.05) is 44.4 Å². The van der Waals surface area contributed by atoms with Gasteiger partial charge in [-0.05, 0) is 17.7 Å². The summed E-state index contributed by atoms with van der Waals surface area (Å²) in [7, 11) is 3.43. The van der Waals surface area contributed by atoms with Gasteiger partial charge in [-0.2, -0.15) is 0 Å². The van der Waals surface area contributed by atoms with Crippen molar-refractivity contribution in [1.82, 2.24) is 4.90 Å². The minimum Gasteiger partial charge on any atom is -0.383 e. The second-order valence-corrected chi connectivity index (χ2v) is 5.24. The monoisotopic (exact) mass is 330 g/mol. The molecule has 0 aliphatic rings. The van der Waals surface area contributed by atoms with Crippen molar-refractivity contribution >= 4 is 15.9 Å². The number of rotatable bonds is 9. The fourth-order valence-corrected chi connectivity index (χ4v) is 2.47. The van der Waals surface area contributed by atoms with Gasteiger partial charge in [0.05, 0.1) is 13.2 Å². The predicted molar refractivity (Wildman–Crippen MR) is 81.3 cm³/mol. The largest absolute Gasteiger partial charge is 0.383 e. The van der Waals surface area contributed by atoms with E-state index in [0.717, 1.165) is 17.6 Å². The smallest absolute Gasteiger partial charge is 0.0589 e. The minimum absolute atomic E-state index is 0.183. The summed E-state index contributed by atoms with van der Waals surface area (Å²) >= 11 is 3.51. The van der Waals surface area contributed by atoms with E-state index < -0.39 is 0 Å². The first-order chi connectivity index (χ1) is 9.22. The van der Waals surface area contributed by atoms with Crippen molar-refractivity contribution in [2.24, 2.45) is 5.73 Å². The quantitative estimate of drug-likeness (QED) is 0.752. The Bertz CT molecular complexity index is 355. The molecule has 1 aromatic rings. The zero-order valence-electron chi connectivity index (χ0n) is 11.6. The molecule has 0 spiro atoms. The third-order valence-corrected chi connectivity index (χ3v) is 3.56. The molecule has 0 aliphatic heterocycles. The van der Waals surface area contributed by atoms with Crippen LogP contribution in [0.3, 0.4) is 0 Å². The van der Waals surface area contributed by atoms with E-state index in [1.807, 2.05) is 12.1 Å². The van der Waals surface area contributed by atoms with Crippen molar-refractivity contribution in [2.45, 2.75) is 6.04 Å². The summed E-state index contributed by atoms with van der Waals surface area (Å²) in [5.74, 6) is 0. The minimum atomic E-state index is 0.183. The van der Waals surface area contributed by atoms with Crippen molar-refractivity contribution < 1.29 is 9.47 Å². The Labute approximate surface area is 124 Å². The van der Waals surface area contributed by atoms with E-state index in [1.54, 1.807) is 14.2 Å². The second kappa shape index (κ2) is 9.44. The number of methoxy groups -OCH3 is 2. The molecule has 0 heterocycles. The van der Waals surface area contributed by atoms with Crippen LogP contribution in [0.1, 0.15) is 11.6 Å². The zero-order chi connectivity index (χ0) is 14.1. The zero-order valence-corrected chi connectivity index (χ0v) is 13.2. The SMILES string of the molecule is COCCN(CCOC)C(CN)c1cccc(Br)c1. The van der Waals surface area contributed by atoms with Gasteiger partial charge in [-0.25, -0.2) is 0 Å². The van der Waals surface area contributed by atoms with Gasteiger partial charge >= 0.3 is 0 Å². The van der Waals surface area contributed by atoms with Crippen molar-refractivity contribution in [2.75, 3.05) is 47.1 Å². The molecule has 108 valence electrons. The Morgan fingerprint density at radius 3 is 2.32 bits per heavy atom. The Morgan fingerprint density at radius 2 is 1.84 bits per heavy atom. The Morgan fingerprint density at radius 1 is 1.21 bits per heavy atom. The summed E-state index contributed by atoms with van der Waals surface area (Å²) < 4.78 is 11.4. The lowest BCUT2D eigenvalue weighted by molar-refractivity contribution is 0.0891. The molecule has 1 atom stereocenters. The third-order valence-electron chi connectivity index (χ3n) is 3.06. The number of ether oxygens (including phenoxy) is 2. The molecule has 1 aromatic carbocycles. The molecule has 0 bridgehead atoms. The number of benzene rings is 1. The average molecular weight is 331 g/mol. The first-order valence-electron chi connectivity index (χ1n) is 6.40. The number of hydrogen-bond donors (Lipinski definition) is 1. The van der Waals surface area contributed by atoms with Crippen LogP contribution in [0.5, 0.6) is 0 Å². The lowest BCUT2D eigenvalue weighted by Crippen LogP contribution is -2.38. The first-order valence-corrected chi connectivity index (χ1v) is 7.19. The molecule has 19 heavy (non-hydrogen) atoms. The van der Waals surface area contributed by atoms with Crippen LogP contribution in [-0.2, 0) is 9.47 Å². The fraction of sp³-hybridized carbons (Fsp3) is 0.571. The topological polar surface area (TPSA) is 47.7 Å². The van der Waals surface area contributed by atoms with E-state index >= 15 is 0 Å². The van der Waals surface area contributed by atoms with Crippen LogP contribution in [0, 0.1) is 0 Å². The van der Waals surface area contributed by atoms with Crippen LogP contribution >= 0.6 is 15.9 Å². The van der Waals surface area contributed by atoms with E-state index in [4.69, 9.17) is 15.2 Å². The van der Waals surface area contributed by atoms with Gasteiger partial charge < -0.3 is 15.2 Å². The third kappa shape index (κ3) is 5.58. The second-order valence-electron chi connectivity index (χ2n) is 4.33. The maximum Gasteiger partial charge on any atom is 0.0589 e. The summed E-state index contributed by atoms with van der Waals surface area (Å²) in [5.41, 5.74) is 7.17. The molecular formula is C14H23BrN2O2. The lowest BCUT2D eigenvalue weighted by Gasteiger charge is -2.31. The molecule has 2 N–H and O–H groups in total. The molecule has 0 fully saturated rings. The average Bonchev–Trinajstić information content (AvgIpc) is 2.42. The molecule has 1 unspecified atom stereocenters. The molecule has 4 nitrogen and oxygen atoms in total. The van der Waals surface area contributed by atoms with Crippen LogP contribution in [0.25, 0.3) is 0 Å². The van der Waals surface area contributed by atoms with Crippen LogP contribution < -0.4 is 5.73 Å². The van der Waals surface area contributed by atoms with Gasteiger partial charge in [-0.1, -0.05) is 28.1 Å². The summed E-state index contributed by atoms with van der Waals surface area (Å²) in [6.07, 6.45) is 0. The van der Waals surface area contributed by atoms with Crippen LogP contribution in [0.15, 0.2) is 28.7 Å². The number of nitrogens with zero attached hydrogens (tertiary/aromatic N) is 1. The van der Waals surface area contributed by atoms with Crippen molar-refractivity contribution in [1.29, 1.82) is 0 Å². The summed E-state index contributed by atoms with van der Waals surface area (Å²) in [4.78, 5) is 2.30. The summed E-state index contributed by atoms with van der Waals surface area (Å²) in [5, 5.41) is 0. The molecule has 0 aromatic heterocycles. The van der Waals surface area contributed by atoms with E-state index in [2.05, 4.69) is 33.0 Å². The lowest BCUT2D eigenvalue weighted by atomic mass is 10.1. The summed E-state index contributed by atoms with van der Waals surface area (Å²) in [6, 6.07) is 8.46.